The first-order valence-corrected chi connectivity index (χ1v) is 10.3. The van der Waals surface area contributed by atoms with E-state index in [1.165, 1.54) is 31.0 Å². The van der Waals surface area contributed by atoms with E-state index in [-0.39, 0.29) is 17.6 Å². The molecule has 0 spiro atoms. The lowest BCUT2D eigenvalue weighted by Gasteiger charge is -2.25. The van der Waals surface area contributed by atoms with Crippen LogP contribution in [0, 0.1) is 0 Å². The Labute approximate surface area is 163 Å². The van der Waals surface area contributed by atoms with Gasteiger partial charge in [-0.3, -0.25) is 9.59 Å². The largest absolute Gasteiger partial charge is 0.339 e. The molecule has 1 fully saturated rings. The maximum absolute atomic E-state index is 12.8. The molecule has 0 atom stereocenters. The van der Waals surface area contributed by atoms with Crippen molar-refractivity contribution >= 4 is 29.3 Å². The van der Waals surface area contributed by atoms with Crippen LogP contribution in [0.1, 0.15) is 42.5 Å². The van der Waals surface area contributed by atoms with Gasteiger partial charge in [0, 0.05) is 31.4 Å². The molecule has 2 aromatic rings. The van der Waals surface area contributed by atoms with Crippen molar-refractivity contribution in [2.75, 3.05) is 24.2 Å². The van der Waals surface area contributed by atoms with Crippen molar-refractivity contribution in [2.24, 2.45) is 7.05 Å². The zero-order chi connectivity index (χ0) is 19.1. The predicted octanol–water partition coefficient (Wildman–Crippen LogP) is 2.95. The zero-order valence-corrected chi connectivity index (χ0v) is 16.4. The Kier molecular flexibility index (Phi) is 6.86. The predicted molar refractivity (Wildman–Crippen MR) is 106 cm³/mol. The molecule has 2 heterocycles. The molecule has 27 heavy (non-hydrogen) atoms. The van der Waals surface area contributed by atoms with E-state index < -0.39 is 0 Å². The number of rotatable bonds is 5. The molecule has 144 valence electrons. The van der Waals surface area contributed by atoms with E-state index in [4.69, 9.17) is 0 Å². The van der Waals surface area contributed by atoms with E-state index in [1.54, 1.807) is 23.0 Å². The standard InChI is InChI=1S/C19H25N5O2S/c1-23-14-20-22-19(23)27-13-17(25)21-16-9-7-8-15(12-16)18(26)24-10-5-3-2-4-6-11-24/h7-9,12,14H,2-6,10-11,13H2,1H3,(H,21,25). The summed E-state index contributed by atoms with van der Waals surface area (Å²) in [6.07, 6.45) is 7.34. The maximum atomic E-state index is 12.8. The fourth-order valence-electron chi connectivity index (χ4n) is 3.09. The van der Waals surface area contributed by atoms with Crippen molar-refractivity contribution in [1.82, 2.24) is 19.7 Å². The molecule has 0 radical (unpaired) electrons. The third kappa shape index (κ3) is 5.56. The molecular weight excluding hydrogens is 362 g/mol. The lowest BCUT2D eigenvalue weighted by molar-refractivity contribution is -0.113. The number of carbonyl (C=O) groups excluding carboxylic acids is 2. The van der Waals surface area contributed by atoms with Gasteiger partial charge in [0.2, 0.25) is 5.91 Å². The minimum atomic E-state index is -0.140. The quantitative estimate of drug-likeness (QED) is 0.798. The molecule has 3 rings (SSSR count). The molecule has 1 aliphatic heterocycles. The lowest BCUT2D eigenvalue weighted by atomic mass is 10.1. The normalized spacial score (nSPS) is 15.1. The van der Waals surface area contributed by atoms with Crippen LogP contribution in [0.3, 0.4) is 0 Å². The maximum Gasteiger partial charge on any atom is 0.253 e. The number of nitrogens with one attached hydrogen (secondary N) is 1. The van der Waals surface area contributed by atoms with Gasteiger partial charge in [-0.25, -0.2) is 0 Å². The van der Waals surface area contributed by atoms with Gasteiger partial charge >= 0.3 is 0 Å². The molecule has 0 aliphatic carbocycles. The average Bonchev–Trinajstić information content (AvgIpc) is 3.04. The number of aryl methyl sites for hydroxylation is 1. The molecule has 1 aliphatic rings. The second kappa shape index (κ2) is 9.55. The Morgan fingerprint density at radius 1 is 1.15 bits per heavy atom. The molecule has 2 amide bonds. The topological polar surface area (TPSA) is 80.1 Å². The van der Waals surface area contributed by atoms with Crippen LogP contribution in [0.4, 0.5) is 5.69 Å². The van der Waals surface area contributed by atoms with Crippen molar-refractivity contribution in [1.29, 1.82) is 0 Å². The number of aromatic nitrogens is 3. The highest BCUT2D eigenvalue weighted by molar-refractivity contribution is 7.99. The molecule has 1 saturated heterocycles. The fraction of sp³-hybridized carbons (Fsp3) is 0.474. The number of nitrogens with zero attached hydrogens (tertiary/aromatic N) is 4. The van der Waals surface area contributed by atoms with Crippen LogP contribution < -0.4 is 5.32 Å². The summed E-state index contributed by atoms with van der Waals surface area (Å²) in [4.78, 5) is 26.9. The Hall–Kier alpha value is -2.35. The number of amides is 2. The molecule has 1 aromatic heterocycles. The van der Waals surface area contributed by atoms with Crippen LogP contribution in [0.2, 0.25) is 0 Å². The van der Waals surface area contributed by atoms with Gasteiger partial charge in [0.1, 0.15) is 6.33 Å². The van der Waals surface area contributed by atoms with Gasteiger partial charge in [0.05, 0.1) is 5.75 Å². The Morgan fingerprint density at radius 2 is 1.89 bits per heavy atom. The Balaban J connectivity index is 1.58. The van der Waals surface area contributed by atoms with Gasteiger partial charge in [-0.15, -0.1) is 10.2 Å². The Bertz CT molecular complexity index is 784. The molecule has 1 N–H and O–H groups in total. The van der Waals surface area contributed by atoms with Crippen LogP contribution in [-0.4, -0.2) is 50.3 Å². The summed E-state index contributed by atoms with van der Waals surface area (Å²) in [7, 11) is 1.83. The van der Waals surface area contributed by atoms with Crippen LogP contribution >= 0.6 is 11.8 Å². The number of thioether (sulfide) groups is 1. The van der Waals surface area contributed by atoms with E-state index in [0.717, 1.165) is 25.9 Å². The molecular formula is C19H25N5O2S. The van der Waals surface area contributed by atoms with Gasteiger partial charge < -0.3 is 14.8 Å². The number of anilines is 1. The average molecular weight is 388 g/mol. The molecule has 1 aromatic carbocycles. The summed E-state index contributed by atoms with van der Waals surface area (Å²) >= 11 is 1.32. The summed E-state index contributed by atoms with van der Waals surface area (Å²) in [6.45, 7) is 1.62. The molecule has 0 saturated carbocycles. The minimum absolute atomic E-state index is 0.0430. The minimum Gasteiger partial charge on any atom is -0.339 e. The van der Waals surface area contributed by atoms with Crippen molar-refractivity contribution in [3.05, 3.63) is 36.2 Å². The van der Waals surface area contributed by atoms with Gasteiger partial charge in [-0.1, -0.05) is 37.1 Å². The molecule has 0 bridgehead atoms. The first-order chi connectivity index (χ1) is 13.1. The van der Waals surface area contributed by atoms with Gasteiger partial charge in [0.15, 0.2) is 5.16 Å². The van der Waals surface area contributed by atoms with E-state index in [0.29, 0.717) is 16.4 Å². The van der Waals surface area contributed by atoms with Crippen molar-refractivity contribution in [3.63, 3.8) is 0 Å². The van der Waals surface area contributed by atoms with Crippen molar-refractivity contribution in [2.45, 2.75) is 37.3 Å². The van der Waals surface area contributed by atoms with Gasteiger partial charge in [-0.05, 0) is 31.0 Å². The first kappa shape index (κ1) is 19.4. The highest BCUT2D eigenvalue weighted by atomic mass is 32.2. The van der Waals surface area contributed by atoms with E-state index in [9.17, 15) is 9.59 Å². The third-order valence-corrected chi connectivity index (χ3v) is 5.57. The monoisotopic (exact) mass is 387 g/mol. The number of carbonyl (C=O) groups is 2. The fourth-order valence-corrected chi connectivity index (χ4v) is 3.78. The highest BCUT2D eigenvalue weighted by Gasteiger charge is 2.17. The van der Waals surface area contributed by atoms with E-state index in [2.05, 4.69) is 15.5 Å². The van der Waals surface area contributed by atoms with Crippen molar-refractivity contribution in [3.8, 4) is 0 Å². The number of likely N-dealkylation sites (tertiary alicyclic amines) is 1. The number of hydrogen-bond donors (Lipinski definition) is 1. The van der Waals surface area contributed by atoms with E-state index in [1.807, 2.05) is 24.1 Å². The SMILES string of the molecule is Cn1cnnc1SCC(=O)Nc1cccc(C(=O)N2CCCCCCC2)c1. The molecule has 8 heteroatoms. The first-order valence-electron chi connectivity index (χ1n) is 9.29. The van der Waals surface area contributed by atoms with Crippen LogP contribution in [0.15, 0.2) is 35.7 Å². The lowest BCUT2D eigenvalue weighted by Crippen LogP contribution is -2.33. The van der Waals surface area contributed by atoms with Crippen molar-refractivity contribution < 1.29 is 9.59 Å². The second-order valence-electron chi connectivity index (χ2n) is 6.70. The van der Waals surface area contributed by atoms with Gasteiger partial charge in [0.25, 0.3) is 5.91 Å². The van der Waals surface area contributed by atoms with E-state index >= 15 is 0 Å². The third-order valence-electron chi connectivity index (χ3n) is 4.54. The molecule has 7 nitrogen and oxygen atoms in total. The van der Waals surface area contributed by atoms with Crippen LogP contribution in [0.25, 0.3) is 0 Å². The Morgan fingerprint density at radius 3 is 2.59 bits per heavy atom. The summed E-state index contributed by atoms with van der Waals surface area (Å²) < 4.78 is 1.76. The summed E-state index contributed by atoms with van der Waals surface area (Å²) in [5.74, 6) is 0.136. The van der Waals surface area contributed by atoms with Gasteiger partial charge in [-0.2, -0.15) is 0 Å². The molecule has 0 unspecified atom stereocenters. The summed E-state index contributed by atoms with van der Waals surface area (Å²) in [5.41, 5.74) is 1.26. The van der Waals surface area contributed by atoms with Crippen LogP contribution in [0.5, 0.6) is 0 Å². The van der Waals surface area contributed by atoms with Crippen LogP contribution in [-0.2, 0) is 11.8 Å². The smallest absolute Gasteiger partial charge is 0.253 e. The summed E-state index contributed by atoms with van der Waals surface area (Å²) in [5, 5.41) is 11.3. The second-order valence-corrected chi connectivity index (χ2v) is 7.64. The summed E-state index contributed by atoms with van der Waals surface area (Å²) in [6, 6.07) is 7.18. The highest BCUT2D eigenvalue weighted by Crippen LogP contribution is 2.18. The number of benzene rings is 1. The number of hydrogen-bond acceptors (Lipinski definition) is 5. The zero-order valence-electron chi connectivity index (χ0n) is 15.6.